The zero-order valence-corrected chi connectivity index (χ0v) is 13.1. The minimum Gasteiger partial charge on any atom is -0.480 e. The molecule has 0 radical (unpaired) electrons. The van der Waals surface area contributed by atoms with Gasteiger partial charge in [-0.25, -0.2) is 0 Å². The largest absolute Gasteiger partial charge is 0.480 e. The van der Waals surface area contributed by atoms with Crippen molar-refractivity contribution in [3.8, 4) is 0 Å². The van der Waals surface area contributed by atoms with Gasteiger partial charge in [-0.05, 0) is 7.05 Å². The zero-order valence-electron chi connectivity index (χ0n) is 13.1. The highest BCUT2D eigenvalue weighted by atomic mass is 16.5. The standard InChI is InChI=1S/C13H24N2O8/c1-14(8-11(16)17)2-4-22-6-7-23-5-3-15(9-12(18)19)10-13(20)21/h2-10H2,1H3,(H,16,17)(H,18,19)(H,20,21). The molecule has 3 N–H and O–H groups in total. The molecule has 10 heteroatoms. The predicted octanol–water partition coefficient (Wildman–Crippen LogP) is -1.49. The summed E-state index contributed by atoms with van der Waals surface area (Å²) in [6.07, 6.45) is 0. The van der Waals surface area contributed by atoms with Crippen LogP contribution in [0.5, 0.6) is 0 Å². The summed E-state index contributed by atoms with van der Waals surface area (Å²) in [7, 11) is 1.67. The Balaban J connectivity index is 3.60. The smallest absolute Gasteiger partial charge is 0.317 e. The minimum atomic E-state index is -1.10. The predicted molar refractivity (Wildman–Crippen MR) is 78.5 cm³/mol. The van der Waals surface area contributed by atoms with Gasteiger partial charge in [0, 0.05) is 13.1 Å². The third-order valence-electron chi connectivity index (χ3n) is 2.66. The van der Waals surface area contributed by atoms with Crippen LogP contribution in [0.4, 0.5) is 0 Å². The van der Waals surface area contributed by atoms with Gasteiger partial charge in [-0.1, -0.05) is 0 Å². The molecule has 0 atom stereocenters. The van der Waals surface area contributed by atoms with Gasteiger partial charge < -0.3 is 24.8 Å². The molecule has 10 nitrogen and oxygen atoms in total. The fraction of sp³-hybridized carbons (Fsp3) is 0.769. The SMILES string of the molecule is CN(CCOCCOCCN(CC(=O)O)CC(=O)O)CC(=O)O. The van der Waals surface area contributed by atoms with Gasteiger partial charge in [0.15, 0.2) is 0 Å². The van der Waals surface area contributed by atoms with Crippen LogP contribution in [0.2, 0.25) is 0 Å². The summed E-state index contributed by atoms with van der Waals surface area (Å²) in [6.45, 7) is 1.08. The molecule has 0 rings (SSSR count). The van der Waals surface area contributed by atoms with E-state index in [-0.39, 0.29) is 39.4 Å². The molecular formula is C13H24N2O8. The quantitative estimate of drug-likeness (QED) is 0.303. The van der Waals surface area contributed by atoms with Gasteiger partial charge in [0.2, 0.25) is 0 Å². The van der Waals surface area contributed by atoms with E-state index in [9.17, 15) is 14.4 Å². The number of nitrogens with zero attached hydrogens (tertiary/aromatic N) is 2. The Labute approximate surface area is 134 Å². The number of hydrogen-bond acceptors (Lipinski definition) is 7. The van der Waals surface area contributed by atoms with Crippen molar-refractivity contribution in [1.29, 1.82) is 0 Å². The molecule has 0 spiro atoms. The molecule has 0 fully saturated rings. The normalized spacial score (nSPS) is 11.1. The van der Waals surface area contributed by atoms with Crippen LogP contribution in [0, 0.1) is 0 Å². The van der Waals surface area contributed by atoms with Crippen LogP contribution < -0.4 is 0 Å². The summed E-state index contributed by atoms with van der Waals surface area (Å²) in [6, 6.07) is 0. The molecule has 0 aliphatic rings. The fourth-order valence-corrected chi connectivity index (χ4v) is 1.64. The zero-order chi connectivity index (χ0) is 17.7. The third-order valence-corrected chi connectivity index (χ3v) is 2.66. The van der Waals surface area contributed by atoms with Crippen LogP contribution >= 0.6 is 0 Å². The van der Waals surface area contributed by atoms with Crippen molar-refractivity contribution in [2.75, 3.05) is 66.2 Å². The number of hydrogen-bond donors (Lipinski definition) is 3. The number of aliphatic carboxylic acids is 3. The Bertz CT molecular complexity index is 361. The monoisotopic (exact) mass is 336 g/mol. The first kappa shape index (κ1) is 21.2. The fourth-order valence-electron chi connectivity index (χ4n) is 1.64. The van der Waals surface area contributed by atoms with Crippen LogP contribution in [0.3, 0.4) is 0 Å². The summed E-state index contributed by atoms with van der Waals surface area (Å²) in [5.74, 6) is -3.09. The van der Waals surface area contributed by atoms with Crippen molar-refractivity contribution in [3.63, 3.8) is 0 Å². The van der Waals surface area contributed by atoms with Crippen molar-refractivity contribution >= 4 is 17.9 Å². The topological polar surface area (TPSA) is 137 Å². The Kier molecular flexibility index (Phi) is 11.8. The number of carbonyl (C=O) groups is 3. The number of carboxylic acid groups (broad SMARTS) is 3. The molecule has 0 aliphatic carbocycles. The molecule has 0 saturated heterocycles. The highest BCUT2D eigenvalue weighted by Crippen LogP contribution is 1.90. The second kappa shape index (κ2) is 12.8. The lowest BCUT2D eigenvalue weighted by Crippen LogP contribution is -2.37. The van der Waals surface area contributed by atoms with Gasteiger partial charge in [-0.15, -0.1) is 0 Å². The van der Waals surface area contributed by atoms with E-state index in [1.807, 2.05) is 0 Å². The molecule has 0 heterocycles. The highest BCUT2D eigenvalue weighted by molar-refractivity contribution is 5.72. The van der Waals surface area contributed by atoms with Gasteiger partial charge in [0.25, 0.3) is 0 Å². The van der Waals surface area contributed by atoms with Crippen LogP contribution in [0.15, 0.2) is 0 Å². The summed E-state index contributed by atoms with van der Waals surface area (Å²) in [5.41, 5.74) is 0. The number of carboxylic acids is 3. The average Bonchev–Trinajstić information content (AvgIpc) is 2.39. The Morgan fingerprint density at radius 2 is 1.17 bits per heavy atom. The molecular weight excluding hydrogens is 312 g/mol. The van der Waals surface area contributed by atoms with Crippen molar-refractivity contribution < 1.29 is 39.2 Å². The van der Waals surface area contributed by atoms with E-state index in [0.717, 1.165) is 0 Å². The lowest BCUT2D eigenvalue weighted by atomic mass is 10.4. The van der Waals surface area contributed by atoms with Gasteiger partial charge in [-0.3, -0.25) is 24.2 Å². The molecule has 0 aliphatic heterocycles. The van der Waals surface area contributed by atoms with Crippen molar-refractivity contribution in [2.45, 2.75) is 0 Å². The Morgan fingerprint density at radius 3 is 1.61 bits per heavy atom. The molecule has 0 aromatic rings. The summed E-state index contributed by atoms with van der Waals surface area (Å²) < 4.78 is 10.5. The Morgan fingerprint density at radius 1 is 0.739 bits per heavy atom. The van der Waals surface area contributed by atoms with Crippen molar-refractivity contribution in [2.24, 2.45) is 0 Å². The molecule has 0 aromatic heterocycles. The lowest BCUT2D eigenvalue weighted by Gasteiger charge is -2.17. The second-order valence-electron chi connectivity index (χ2n) is 4.85. The van der Waals surface area contributed by atoms with Crippen LogP contribution in [-0.4, -0.2) is 109 Å². The first-order valence-corrected chi connectivity index (χ1v) is 7.03. The minimum absolute atomic E-state index is 0.0527. The van der Waals surface area contributed by atoms with Gasteiger partial charge in [-0.2, -0.15) is 0 Å². The van der Waals surface area contributed by atoms with E-state index in [2.05, 4.69) is 0 Å². The molecule has 0 amide bonds. The third kappa shape index (κ3) is 14.9. The van der Waals surface area contributed by atoms with Crippen molar-refractivity contribution in [1.82, 2.24) is 9.80 Å². The van der Waals surface area contributed by atoms with Gasteiger partial charge >= 0.3 is 17.9 Å². The molecule has 23 heavy (non-hydrogen) atoms. The van der Waals surface area contributed by atoms with E-state index in [1.165, 1.54) is 4.90 Å². The van der Waals surface area contributed by atoms with E-state index in [0.29, 0.717) is 19.8 Å². The van der Waals surface area contributed by atoms with E-state index in [1.54, 1.807) is 11.9 Å². The maximum absolute atomic E-state index is 10.6. The average molecular weight is 336 g/mol. The summed E-state index contributed by atoms with van der Waals surface area (Å²) >= 11 is 0. The maximum atomic E-state index is 10.6. The lowest BCUT2D eigenvalue weighted by molar-refractivity contribution is -0.142. The number of likely N-dealkylation sites (N-methyl/N-ethyl adjacent to an activating group) is 1. The summed E-state index contributed by atoms with van der Waals surface area (Å²) in [4.78, 5) is 34.5. The first-order valence-electron chi connectivity index (χ1n) is 7.03. The number of rotatable bonds is 15. The van der Waals surface area contributed by atoms with E-state index in [4.69, 9.17) is 24.8 Å². The summed E-state index contributed by atoms with van der Waals surface area (Å²) in [5, 5.41) is 25.9. The van der Waals surface area contributed by atoms with Crippen LogP contribution in [-0.2, 0) is 23.9 Å². The highest BCUT2D eigenvalue weighted by Gasteiger charge is 2.12. The van der Waals surface area contributed by atoms with Crippen molar-refractivity contribution in [3.05, 3.63) is 0 Å². The van der Waals surface area contributed by atoms with Crippen LogP contribution in [0.25, 0.3) is 0 Å². The Hall–Kier alpha value is -1.75. The van der Waals surface area contributed by atoms with Crippen LogP contribution in [0.1, 0.15) is 0 Å². The van der Waals surface area contributed by atoms with Gasteiger partial charge in [0.05, 0.1) is 46.1 Å². The van der Waals surface area contributed by atoms with E-state index >= 15 is 0 Å². The first-order chi connectivity index (χ1) is 10.8. The molecule has 0 bridgehead atoms. The second-order valence-corrected chi connectivity index (χ2v) is 4.85. The maximum Gasteiger partial charge on any atom is 0.317 e. The van der Waals surface area contributed by atoms with Gasteiger partial charge in [0.1, 0.15) is 0 Å². The molecule has 0 saturated carbocycles. The molecule has 0 aromatic carbocycles. The van der Waals surface area contributed by atoms with E-state index < -0.39 is 17.9 Å². The molecule has 134 valence electrons. The molecule has 0 unspecified atom stereocenters. The number of ether oxygens (including phenoxy) is 2.